The molecule has 0 aliphatic heterocycles. The van der Waals surface area contributed by atoms with Crippen molar-refractivity contribution in [2.75, 3.05) is 0 Å². The molecule has 0 saturated carbocycles. The first kappa shape index (κ1) is 18.6. The van der Waals surface area contributed by atoms with Gasteiger partial charge >= 0.3 is 0 Å². The Morgan fingerprint density at radius 1 is 0.682 bits per heavy atom. The molecule has 2 heteroatoms. The fourth-order valence-corrected chi connectivity index (χ4v) is 3.05. The van der Waals surface area contributed by atoms with Crippen LogP contribution in [0.2, 0.25) is 0 Å². The Bertz CT molecular complexity index is 420. The maximum absolute atomic E-state index is 7.69. The van der Waals surface area contributed by atoms with Gasteiger partial charge in [0, 0.05) is 12.4 Å². The number of hydrogen-bond acceptors (Lipinski definition) is 2. The van der Waals surface area contributed by atoms with Gasteiger partial charge in [0.2, 0.25) is 0 Å². The van der Waals surface area contributed by atoms with Crippen LogP contribution in [0.5, 0.6) is 0 Å². The Hall–Kier alpha value is -1.44. The number of nitrogens with one attached hydrogen (secondary N) is 2. The molecule has 0 aliphatic rings. The van der Waals surface area contributed by atoms with Gasteiger partial charge in [-0.05, 0) is 47.9 Å². The van der Waals surface area contributed by atoms with E-state index in [-0.39, 0.29) is 0 Å². The number of benzene rings is 1. The predicted octanol–water partition coefficient (Wildman–Crippen LogP) is 5.93. The van der Waals surface area contributed by atoms with Crippen LogP contribution in [0.1, 0.15) is 87.5 Å². The van der Waals surface area contributed by atoms with Crippen LogP contribution in [0, 0.1) is 10.8 Å². The number of unbranched alkanes of at least 4 members (excludes halogenated alkanes) is 6. The molecule has 0 bridgehead atoms. The lowest BCUT2D eigenvalue weighted by Crippen LogP contribution is -2.05. The molecule has 0 fully saturated rings. The van der Waals surface area contributed by atoms with Crippen LogP contribution >= 0.6 is 0 Å². The van der Waals surface area contributed by atoms with Gasteiger partial charge in [0.05, 0.1) is 0 Å². The summed E-state index contributed by atoms with van der Waals surface area (Å²) in [5.41, 5.74) is 4.74. The normalized spacial score (nSPS) is 10.6. The molecule has 0 spiro atoms. The van der Waals surface area contributed by atoms with Crippen LogP contribution in [0.25, 0.3) is 0 Å². The van der Waals surface area contributed by atoms with Crippen LogP contribution in [0.3, 0.4) is 0 Å². The molecular weight excluding hydrogens is 268 g/mol. The molecule has 22 heavy (non-hydrogen) atoms. The highest BCUT2D eigenvalue weighted by atomic mass is 14.4. The summed E-state index contributed by atoms with van der Waals surface area (Å²) in [7, 11) is 0. The van der Waals surface area contributed by atoms with Gasteiger partial charge in [0.15, 0.2) is 0 Å². The first-order valence-electron chi connectivity index (χ1n) is 8.94. The highest BCUT2D eigenvalue weighted by Crippen LogP contribution is 2.23. The second-order valence-corrected chi connectivity index (χ2v) is 6.11. The van der Waals surface area contributed by atoms with Crippen LogP contribution in [-0.2, 0) is 12.8 Å². The van der Waals surface area contributed by atoms with E-state index in [0.29, 0.717) is 0 Å². The minimum Gasteiger partial charge on any atom is -0.308 e. The Balaban J connectivity index is 2.90. The molecule has 1 aromatic rings. The molecule has 122 valence electrons. The van der Waals surface area contributed by atoms with E-state index in [4.69, 9.17) is 10.8 Å². The molecule has 0 heterocycles. The van der Waals surface area contributed by atoms with Gasteiger partial charge in [-0.2, -0.15) is 0 Å². The highest BCUT2D eigenvalue weighted by molar-refractivity contribution is 5.86. The maximum atomic E-state index is 7.69. The van der Waals surface area contributed by atoms with Gasteiger partial charge < -0.3 is 10.8 Å². The number of hydrogen-bond donors (Lipinski definition) is 2. The van der Waals surface area contributed by atoms with Crippen LogP contribution in [-0.4, -0.2) is 12.4 Å². The van der Waals surface area contributed by atoms with Crippen molar-refractivity contribution in [1.29, 1.82) is 10.8 Å². The Morgan fingerprint density at radius 3 is 1.41 bits per heavy atom. The number of rotatable bonds is 12. The zero-order chi connectivity index (χ0) is 16.2. The summed E-state index contributed by atoms with van der Waals surface area (Å²) in [4.78, 5) is 0. The molecule has 2 nitrogen and oxygen atoms in total. The topological polar surface area (TPSA) is 47.7 Å². The Morgan fingerprint density at radius 2 is 1.09 bits per heavy atom. The SMILES string of the molecule is CCCCCCc1c(C=N)ccc(C=N)c1CCCCCC. The molecule has 0 saturated heterocycles. The van der Waals surface area contributed by atoms with E-state index < -0.39 is 0 Å². The average Bonchev–Trinajstić information content (AvgIpc) is 2.55. The summed E-state index contributed by atoms with van der Waals surface area (Å²) in [6, 6.07) is 4.02. The summed E-state index contributed by atoms with van der Waals surface area (Å²) < 4.78 is 0. The van der Waals surface area contributed by atoms with E-state index in [0.717, 1.165) is 24.0 Å². The quantitative estimate of drug-likeness (QED) is 0.355. The van der Waals surface area contributed by atoms with Crippen molar-refractivity contribution in [2.24, 2.45) is 0 Å². The van der Waals surface area contributed by atoms with E-state index in [2.05, 4.69) is 13.8 Å². The molecule has 1 aromatic carbocycles. The zero-order valence-electron chi connectivity index (χ0n) is 14.4. The monoisotopic (exact) mass is 300 g/mol. The molecule has 0 amide bonds. The summed E-state index contributed by atoms with van der Waals surface area (Å²) in [6.45, 7) is 4.47. The van der Waals surface area contributed by atoms with Crippen molar-refractivity contribution in [3.63, 3.8) is 0 Å². The second-order valence-electron chi connectivity index (χ2n) is 6.11. The van der Waals surface area contributed by atoms with E-state index in [9.17, 15) is 0 Å². The van der Waals surface area contributed by atoms with Crippen LogP contribution < -0.4 is 0 Å². The third-order valence-electron chi connectivity index (χ3n) is 4.38. The van der Waals surface area contributed by atoms with Gasteiger partial charge in [0.1, 0.15) is 0 Å². The van der Waals surface area contributed by atoms with Gasteiger partial charge in [-0.15, -0.1) is 0 Å². The van der Waals surface area contributed by atoms with Crippen molar-refractivity contribution < 1.29 is 0 Å². The highest BCUT2D eigenvalue weighted by Gasteiger charge is 2.11. The maximum Gasteiger partial charge on any atom is 0.0253 e. The first-order chi connectivity index (χ1) is 10.8. The fourth-order valence-electron chi connectivity index (χ4n) is 3.05. The predicted molar refractivity (Wildman–Crippen MR) is 97.9 cm³/mol. The minimum atomic E-state index is 1.05. The lowest BCUT2D eigenvalue weighted by atomic mass is 9.89. The standard InChI is InChI=1S/C20H32N2/c1-3-5-7-9-11-19-17(15-21)13-14-18(16-22)20(19)12-10-8-6-4-2/h13-16,21-22H,3-12H2,1-2H3. The molecule has 2 N–H and O–H groups in total. The summed E-state index contributed by atoms with van der Waals surface area (Å²) >= 11 is 0. The van der Waals surface area contributed by atoms with E-state index >= 15 is 0 Å². The summed E-state index contributed by atoms with van der Waals surface area (Å²) in [5, 5.41) is 15.4. The fraction of sp³-hybridized carbons (Fsp3) is 0.600. The average molecular weight is 300 g/mol. The zero-order valence-corrected chi connectivity index (χ0v) is 14.4. The Kier molecular flexibility index (Phi) is 9.45. The minimum absolute atomic E-state index is 1.05. The van der Waals surface area contributed by atoms with Gasteiger partial charge in [-0.1, -0.05) is 64.5 Å². The van der Waals surface area contributed by atoms with Crippen LogP contribution in [0.15, 0.2) is 12.1 Å². The van der Waals surface area contributed by atoms with Gasteiger partial charge in [-0.3, -0.25) is 0 Å². The Labute approximate surface area is 136 Å². The van der Waals surface area contributed by atoms with Gasteiger partial charge in [0.25, 0.3) is 0 Å². The lowest BCUT2D eigenvalue weighted by molar-refractivity contribution is 0.650. The lowest BCUT2D eigenvalue weighted by Gasteiger charge is -2.16. The third kappa shape index (κ3) is 5.75. The largest absolute Gasteiger partial charge is 0.308 e. The van der Waals surface area contributed by atoms with Crippen molar-refractivity contribution >= 4 is 12.4 Å². The summed E-state index contributed by atoms with van der Waals surface area (Å²) in [5.74, 6) is 0. The van der Waals surface area contributed by atoms with Crippen LogP contribution in [0.4, 0.5) is 0 Å². The molecule has 0 radical (unpaired) electrons. The van der Waals surface area contributed by atoms with Crippen molar-refractivity contribution in [2.45, 2.75) is 78.1 Å². The van der Waals surface area contributed by atoms with E-state index in [1.807, 2.05) is 12.1 Å². The molecule has 0 atom stereocenters. The first-order valence-corrected chi connectivity index (χ1v) is 8.94. The smallest absolute Gasteiger partial charge is 0.0253 e. The van der Waals surface area contributed by atoms with Crippen molar-refractivity contribution in [3.8, 4) is 0 Å². The van der Waals surface area contributed by atoms with Gasteiger partial charge in [-0.25, -0.2) is 0 Å². The molecule has 1 rings (SSSR count). The molecule has 0 unspecified atom stereocenters. The van der Waals surface area contributed by atoms with E-state index in [1.54, 1.807) is 0 Å². The summed E-state index contributed by atoms with van der Waals surface area (Å²) in [6.07, 6.45) is 15.1. The molecule has 0 aliphatic carbocycles. The third-order valence-corrected chi connectivity index (χ3v) is 4.38. The van der Waals surface area contributed by atoms with E-state index in [1.165, 1.54) is 74.9 Å². The van der Waals surface area contributed by atoms with Crippen molar-refractivity contribution in [3.05, 3.63) is 34.4 Å². The molecule has 0 aromatic heterocycles. The molecular formula is C20H32N2. The second kappa shape index (κ2) is 11.2. The van der Waals surface area contributed by atoms with Crippen molar-refractivity contribution in [1.82, 2.24) is 0 Å².